The number of carbonyl (C=O) groups excluding carboxylic acids is 1. The van der Waals surface area contributed by atoms with Gasteiger partial charge in [0.15, 0.2) is 5.96 Å². The zero-order valence-corrected chi connectivity index (χ0v) is 16.0. The second kappa shape index (κ2) is 9.00. The molecule has 3 rings (SSSR count). The predicted molar refractivity (Wildman–Crippen MR) is 101 cm³/mol. The van der Waals surface area contributed by atoms with Crippen LogP contribution in [0.3, 0.4) is 0 Å². The maximum absolute atomic E-state index is 11.8. The van der Waals surface area contributed by atoms with E-state index in [0.29, 0.717) is 6.42 Å². The first-order valence-corrected chi connectivity index (χ1v) is 9.87. The summed E-state index contributed by atoms with van der Waals surface area (Å²) in [5.41, 5.74) is 0. The zero-order chi connectivity index (χ0) is 18.4. The molecule has 0 bridgehead atoms. The van der Waals surface area contributed by atoms with Gasteiger partial charge in [-0.25, -0.2) is 0 Å². The average Bonchev–Trinajstić information content (AvgIpc) is 3.21. The van der Waals surface area contributed by atoms with Gasteiger partial charge in [-0.3, -0.25) is 9.79 Å². The average molecular weight is 361 g/mol. The van der Waals surface area contributed by atoms with Crippen molar-refractivity contribution in [2.45, 2.75) is 64.5 Å². The van der Waals surface area contributed by atoms with E-state index in [9.17, 15) is 4.79 Å². The first-order valence-electron chi connectivity index (χ1n) is 9.87. The van der Waals surface area contributed by atoms with Crippen LogP contribution in [-0.4, -0.2) is 64.3 Å². The molecule has 144 valence electrons. The van der Waals surface area contributed by atoms with E-state index in [4.69, 9.17) is 0 Å². The number of hydrogen-bond acceptors (Lipinski definition) is 4. The molecule has 2 N–H and O–H groups in total. The number of nitrogens with one attached hydrogen (secondary N) is 2. The highest BCUT2D eigenvalue weighted by Crippen LogP contribution is 2.14. The second-order valence-electron chi connectivity index (χ2n) is 7.07. The molecule has 2 aliphatic heterocycles. The fourth-order valence-corrected chi connectivity index (χ4v) is 3.74. The summed E-state index contributed by atoms with van der Waals surface area (Å²) in [6.45, 7) is 5.29. The number of rotatable bonds is 5. The van der Waals surface area contributed by atoms with Gasteiger partial charge in [-0.1, -0.05) is 13.3 Å². The monoisotopic (exact) mass is 361 g/mol. The van der Waals surface area contributed by atoms with Gasteiger partial charge in [-0.15, -0.1) is 10.2 Å². The molecule has 2 aliphatic rings. The Balaban J connectivity index is 1.45. The smallest absolute Gasteiger partial charge is 0.222 e. The van der Waals surface area contributed by atoms with Gasteiger partial charge in [0.1, 0.15) is 11.6 Å². The third-order valence-electron chi connectivity index (χ3n) is 5.24. The van der Waals surface area contributed by atoms with Crippen molar-refractivity contribution in [3.8, 4) is 0 Å². The van der Waals surface area contributed by atoms with Crippen molar-refractivity contribution >= 4 is 11.9 Å². The summed E-state index contributed by atoms with van der Waals surface area (Å²) >= 11 is 0. The van der Waals surface area contributed by atoms with Crippen LogP contribution in [0.5, 0.6) is 0 Å². The van der Waals surface area contributed by atoms with Gasteiger partial charge in [0.25, 0.3) is 0 Å². The predicted octanol–water partition coefficient (Wildman–Crippen LogP) is 0.723. The molecule has 0 radical (unpaired) electrons. The van der Waals surface area contributed by atoms with Crippen molar-refractivity contribution < 1.29 is 4.79 Å². The molecule has 0 spiro atoms. The number of guanidine groups is 1. The quantitative estimate of drug-likeness (QED) is 0.596. The summed E-state index contributed by atoms with van der Waals surface area (Å²) in [7, 11) is 1.78. The first kappa shape index (κ1) is 18.7. The van der Waals surface area contributed by atoms with Crippen molar-refractivity contribution in [3.05, 3.63) is 11.6 Å². The number of aryl methyl sites for hydroxylation is 1. The van der Waals surface area contributed by atoms with E-state index < -0.39 is 0 Å². The Kier molecular flexibility index (Phi) is 6.46. The van der Waals surface area contributed by atoms with Gasteiger partial charge >= 0.3 is 0 Å². The molecule has 1 aromatic rings. The van der Waals surface area contributed by atoms with E-state index >= 15 is 0 Å². The maximum atomic E-state index is 11.8. The Hall–Kier alpha value is -2.12. The minimum atomic E-state index is 0.227. The maximum Gasteiger partial charge on any atom is 0.222 e. The summed E-state index contributed by atoms with van der Waals surface area (Å²) in [4.78, 5) is 18.0. The van der Waals surface area contributed by atoms with Crippen LogP contribution in [0.1, 0.15) is 50.7 Å². The van der Waals surface area contributed by atoms with Crippen LogP contribution < -0.4 is 10.6 Å². The molecule has 3 heterocycles. The number of fused-ring (bicyclic) bond motifs is 1. The third kappa shape index (κ3) is 4.53. The molecule has 26 heavy (non-hydrogen) atoms. The van der Waals surface area contributed by atoms with Gasteiger partial charge in [-0.05, 0) is 19.3 Å². The molecule has 0 aromatic carbocycles. The van der Waals surface area contributed by atoms with E-state index in [2.05, 4.69) is 30.4 Å². The zero-order valence-electron chi connectivity index (χ0n) is 16.0. The minimum Gasteiger partial charge on any atom is -0.356 e. The Bertz CT molecular complexity index is 639. The first-order chi connectivity index (χ1) is 12.7. The standard InChI is InChI=1S/C18H31N7O/c1-3-17(26)24-12-9-14(13-24)21-18(19-2)20-10-8-16-23-22-15-7-5-4-6-11-25(15)16/h14H,3-13H2,1-2H3,(H2,19,20,21). The topological polar surface area (TPSA) is 87.4 Å². The van der Waals surface area contributed by atoms with Crippen LogP contribution in [0.4, 0.5) is 0 Å². The molecular weight excluding hydrogens is 330 g/mol. The van der Waals surface area contributed by atoms with E-state index in [-0.39, 0.29) is 11.9 Å². The number of aromatic nitrogens is 3. The van der Waals surface area contributed by atoms with E-state index in [1.165, 1.54) is 19.3 Å². The molecule has 8 nitrogen and oxygen atoms in total. The van der Waals surface area contributed by atoms with Crippen molar-refractivity contribution in [2.75, 3.05) is 26.7 Å². The van der Waals surface area contributed by atoms with Gasteiger partial charge in [0.05, 0.1) is 0 Å². The summed E-state index contributed by atoms with van der Waals surface area (Å²) < 4.78 is 2.29. The number of amides is 1. The lowest BCUT2D eigenvalue weighted by atomic mass is 10.2. The normalized spacial score (nSPS) is 20.6. The molecule has 1 saturated heterocycles. The number of carbonyl (C=O) groups is 1. The highest BCUT2D eigenvalue weighted by atomic mass is 16.2. The highest BCUT2D eigenvalue weighted by molar-refractivity contribution is 5.80. The Morgan fingerprint density at radius 2 is 2.15 bits per heavy atom. The van der Waals surface area contributed by atoms with Crippen LogP contribution in [0.2, 0.25) is 0 Å². The third-order valence-corrected chi connectivity index (χ3v) is 5.24. The number of likely N-dealkylation sites (tertiary alicyclic amines) is 1. The van der Waals surface area contributed by atoms with Gasteiger partial charge in [0, 0.05) is 58.5 Å². The van der Waals surface area contributed by atoms with E-state index in [1.807, 2.05) is 11.8 Å². The van der Waals surface area contributed by atoms with Gasteiger partial charge < -0.3 is 20.1 Å². The molecule has 1 unspecified atom stereocenters. The Morgan fingerprint density at radius 3 is 2.96 bits per heavy atom. The van der Waals surface area contributed by atoms with Gasteiger partial charge in [0.2, 0.25) is 5.91 Å². The van der Waals surface area contributed by atoms with Crippen molar-refractivity contribution in [1.29, 1.82) is 0 Å². The summed E-state index contributed by atoms with van der Waals surface area (Å²) in [5, 5.41) is 15.5. The summed E-state index contributed by atoms with van der Waals surface area (Å²) in [6, 6.07) is 0.265. The molecule has 1 atom stereocenters. The summed E-state index contributed by atoms with van der Waals surface area (Å²) in [5.74, 6) is 3.21. The second-order valence-corrected chi connectivity index (χ2v) is 7.07. The van der Waals surface area contributed by atoms with Crippen molar-refractivity contribution in [3.63, 3.8) is 0 Å². The van der Waals surface area contributed by atoms with Crippen LogP contribution in [0.15, 0.2) is 4.99 Å². The molecule has 0 saturated carbocycles. The fourth-order valence-electron chi connectivity index (χ4n) is 3.74. The minimum absolute atomic E-state index is 0.227. The number of aliphatic imine (C=N–C) groups is 1. The van der Waals surface area contributed by atoms with E-state index in [1.54, 1.807) is 7.05 Å². The molecular formula is C18H31N7O. The Labute approximate surface area is 155 Å². The number of hydrogen-bond donors (Lipinski definition) is 2. The van der Waals surface area contributed by atoms with Crippen LogP contribution in [0, 0.1) is 0 Å². The molecule has 1 aromatic heterocycles. The molecule has 1 amide bonds. The molecule has 1 fully saturated rings. The lowest BCUT2D eigenvalue weighted by molar-refractivity contribution is -0.129. The molecule has 0 aliphatic carbocycles. The fraction of sp³-hybridized carbons (Fsp3) is 0.778. The lowest BCUT2D eigenvalue weighted by Gasteiger charge is -2.18. The highest BCUT2D eigenvalue weighted by Gasteiger charge is 2.25. The largest absolute Gasteiger partial charge is 0.356 e. The van der Waals surface area contributed by atoms with Crippen molar-refractivity contribution in [2.24, 2.45) is 4.99 Å². The summed E-state index contributed by atoms with van der Waals surface area (Å²) in [6.07, 6.45) is 7.11. The van der Waals surface area contributed by atoms with Crippen molar-refractivity contribution in [1.82, 2.24) is 30.3 Å². The van der Waals surface area contributed by atoms with Gasteiger partial charge in [-0.2, -0.15) is 0 Å². The van der Waals surface area contributed by atoms with E-state index in [0.717, 1.165) is 63.0 Å². The lowest BCUT2D eigenvalue weighted by Crippen LogP contribution is -2.45. The van der Waals surface area contributed by atoms with Crippen LogP contribution >= 0.6 is 0 Å². The number of nitrogens with zero attached hydrogens (tertiary/aromatic N) is 5. The van der Waals surface area contributed by atoms with Crippen LogP contribution in [-0.2, 0) is 24.2 Å². The van der Waals surface area contributed by atoms with Crippen LogP contribution in [0.25, 0.3) is 0 Å². The SMILES string of the molecule is CCC(=O)N1CCC(NC(=NC)NCCc2nnc3n2CCCCC3)C1. The molecule has 8 heteroatoms. The Morgan fingerprint density at radius 1 is 1.27 bits per heavy atom.